The van der Waals surface area contributed by atoms with Gasteiger partial charge < -0.3 is 9.30 Å². The molecule has 1 spiro atoms. The first-order chi connectivity index (χ1) is 11.6. The van der Waals surface area contributed by atoms with E-state index < -0.39 is 0 Å². The highest BCUT2D eigenvalue weighted by Gasteiger charge is 2.45. The summed E-state index contributed by atoms with van der Waals surface area (Å²) in [5, 5.41) is 1.37. The minimum Gasteiger partial charge on any atom is -0.381 e. The van der Waals surface area contributed by atoms with E-state index in [9.17, 15) is 0 Å². The van der Waals surface area contributed by atoms with Crippen LogP contribution in [0.1, 0.15) is 43.4 Å². The van der Waals surface area contributed by atoms with E-state index in [1.807, 2.05) is 7.11 Å². The van der Waals surface area contributed by atoms with E-state index in [1.54, 1.807) is 0 Å². The van der Waals surface area contributed by atoms with Crippen molar-refractivity contribution in [3.63, 3.8) is 0 Å². The first-order valence-electron chi connectivity index (χ1n) is 9.41. The molecule has 1 aliphatic heterocycles. The van der Waals surface area contributed by atoms with Crippen LogP contribution in [0, 0.1) is 12.3 Å². The summed E-state index contributed by atoms with van der Waals surface area (Å²) in [5.74, 6) is 0. The summed E-state index contributed by atoms with van der Waals surface area (Å²) in [7, 11) is 4.11. The van der Waals surface area contributed by atoms with Crippen molar-refractivity contribution < 1.29 is 4.74 Å². The van der Waals surface area contributed by atoms with Crippen molar-refractivity contribution in [2.75, 3.05) is 20.2 Å². The molecule has 1 aliphatic carbocycles. The molecule has 2 aromatic rings. The van der Waals surface area contributed by atoms with Crippen LogP contribution in [-0.2, 0) is 18.3 Å². The molecule has 0 N–H and O–H groups in total. The molecule has 0 amide bonds. The second kappa shape index (κ2) is 6.20. The number of methoxy groups -OCH3 is 1. The predicted octanol–water partition coefficient (Wildman–Crippen LogP) is 4.27. The van der Waals surface area contributed by atoms with Crippen LogP contribution in [0.15, 0.2) is 24.3 Å². The fraction of sp³-hybridized carbons (Fsp3) is 0.619. The Kier molecular flexibility index (Phi) is 4.17. The number of fused-ring (bicyclic) bond motifs is 1. The molecule has 3 nitrogen and oxygen atoms in total. The molecule has 1 saturated carbocycles. The molecule has 2 aliphatic rings. The maximum absolute atomic E-state index is 5.86. The molecular weight excluding hydrogens is 296 g/mol. The smallest absolute Gasteiger partial charge is 0.0639 e. The topological polar surface area (TPSA) is 17.4 Å². The van der Waals surface area contributed by atoms with Crippen molar-refractivity contribution in [3.05, 3.63) is 35.5 Å². The average Bonchev–Trinajstić information content (AvgIpc) is 3.09. The van der Waals surface area contributed by atoms with Gasteiger partial charge in [0.1, 0.15) is 0 Å². The molecule has 1 saturated heterocycles. The Morgan fingerprint density at radius 3 is 2.88 bits per heavy atom. The van der Waals surface area contributed by atoms with Gasteiger partial charge in [-0.1, -0.05) is 18.1 Å². The maximum atomic E-state index is 5.86. The first kappa shape index (κ1) is 16.2. The van der Waals surface area contributed by atoms with Gasteiger partial charge in [-0.05, 0) is 57.4 Å². The van der Waals surface area contributed by atoms with Crippen LogP contribution in [0.25, 0.3) is 10.9 Å². The van der Waals surface area contributed by atoms with Crippen molar-refractivity contribution in [3.8, 4) is 0 Å². The lowest BCUT2D eigenvalue weighted by Gasteiger charge is -2.43. The van der Waals surface area contributed by atoms with E-state index >= 15 is 0 Å². The molecule has 1 aromatic heterocycles. The average molecular weight is 326 g/mol. The van der Waals surface area contributed by atoms with E-state index in [0.29, 0.717) is 11.5 Å². The molecule has 3 heteroatoms. The van der Waals surface area contributed by atoms with E-state index in [-0.39, 0.29) is 0 Å². The number of hydrogen-bond donors (Lipinski definition) is 0. The number of nitrogens with zero attached hydrogens (tertiary/aromatic N) is 2. The molecule has 130 valence electrons. The first-order valence-corrected chi connectivity index (χ1v) is 9.41. The Morgan fingerprint density at radius 1 is 1.21 bits per heavy atom. The Labute approximate surface area is 145 Å². The summed E-state index contributed by atoms with van der Waals surface area (Å²) < 4.78 is 8.23. The summed E-state index contributed by atoms with van der Waals surface area (Å²) in [6.45, 7) is 5.65. The van der Waals surface area contributed by atoms with Crippen molar-refractivity contribution in [2.24, 2.45) is 12.5 Å². The number of hydrogen-bond acceptors (Lipinski definition) is 2. The van der Waals surface area contributed by atoms with Crippen LogP contribution in [0.5, 0.6) is 0 Å². The highest BCUT2D eigenvalue weighted by atomic mass is 16.5. The zero-order valence-corrected chi connectivity index (χ0v) is 15.3. The monoisotopic (exact) mass is 326 g/mol. The van der Waals surface area contributed by atoms with Crippen LogP contribution in [0.4, 0.5) is 0 Å². The zero-order chi connectivity index (χ0) is 16.7. The Morgan fingerprint density at radius 2 is 2.04 bits per heavy atom. The van der Waals surface area contributed by atoms with Crippen LogP contribution >= 0.6 is 0 Å². The van der Waals surface area contributed by atoms with Crippen molar-refractivity contribution >= 4 is 10.9 Å². The van der Waals surface area contributed by atoms with Gasteiger partial charge in [-0.2, -0.15) is 0 Å². The minimum absolute atomic E-state index is 0.411. The number of aromatic nitrogens is 1. The Bertz CT molecular complexity index is 735. The Hall–Kier alpha value is -1.32. The normalized spacial score (nSPS) is 28.2. The minimum atomic E-state index is 0.411. The van der Waals surface area contributed by atoms with Crippen LogP contribution in [-0.4, -0.2) is 35.8 Å². The molecule has 2 fully saturated rings. The fourth-order valence-corrected chi connectivity index (χ4v) is 5.24. The summed E-state index contributed by atoms with van der Waals surface area (Å²) in [6.07, 6.45) is 7.04. The molecule has 4 rings (SSSR count). The predicted molar refractivity (Wildman–Crippen MR) is 99.2 cm³/mol. The summed E-state index contributed by atoms with van der Waals surface area (Å²) in [5.41, 5.74) is 4.52. The lowest BCUT2D eigenvalue weighted by atomic mass is 9.76. The van der Waals surface area contributed by atoms with Crippen molar-refractivity contribution in [1.82, 2.24) is 9.47 Å². The second-order valence-corrected chi connectivity index (χ2v) is 8.05. The van der Waals surface area contributed by atoms with Gasteiger partial charge in [0, 0.05) is 49.3 Å². The molecular formula is C21H30N2O. The van der Waals surface area contributed by atoms with Crippen LogP contribution < -0.4 is 0 Å². The number of likely N-dealkylation sites (tertiary alicyclic amines) is 1. The lowest BCUT2D eigenvalue weighted by molar-refractivity contribution is -0.0369. The maximum Gasteiger partial charge on any atom is 0.0639 e. The van der Waals surface area contributed by atoms with E-state index in [0.717, 1.165) is 6.54 Å². The van der Waals surface area contributed by atoms with Crippen molar-refractivity contribution in [1.29, 1.82) is 0 Å². The number of benzene rings is 1. The van der Waals surface area contributed by atoms with Gasteiger partial charge in [0.2, 0.25) is 0 Å². The van der Waals surface area contributed by atoms with Gasteiger partial charge in [0.05, 0.1) is 6.10 Å². The van der Waals surface area contributed by atoms with Gasteiger partial charge >= 0.3 is 0 Å². The zero-order valence-electron chi connectivity index (χ0n) is 15.3. The third-order valence-electron chi connectivity index (χ3n) is 6.48. The van der Waals surface area contributed by atoms with E-state index in [1.165, 1.54) is 67.4 Å². The second-order valence-electron chi connectivity index (χ2n) is 8.05. The standard InChI is InChI=1S/C21H30N2O/c1-16-7-8-19-17(12-16)13-18(22(19)2)14-23-11-5-10-21(15-23)9-4-6-20(21)24-3/h7-8,12-13,20H,4-6,9-11,14-15H2,1-3H3/t20-,21+/m1/s1. The van der Waals surface area contributed by atoms with Crippen LogP contribution in [0.2, 0.25) is 0 Å². The largest absolute Gasteiger partial charge is 0.381 e. The summed E-state index contributed by atoms with van der Waals surface area (Å²) >= 11 is 0. The molecule has 0 radical (unpaired) electrons. The fourth-order valence-electron chi connectivity index (χ4n) is 5.24. The molecule has 1 aromatic carbocycles. The van der Waals surface area contributed by atoms with Gasteiger partial charge in [0.15, 0.2) is 0 Å². The molecule has 24 heavy (non-hydrogen) atoms. The lowest BCUT2D eigenvalue weighted by Crippen LogP contribution is -2.47. The summed E-state index contributed by atoms with van der Waals surface area (Å²) in [4.78, 5) is 2.67. The highest BCUT2D eigenvalue weighted by Crippen LogP contribution is 2.46. The van der Waals surface area contributed by atoms with Gasteiger partial charge in [-0.25, -0.2) is 0 Å². The quantitative estimate of drug-likeness (QED) is 0.838. The molecule has 0 unspecified atom stereocenters. The molecule has 2 heterocycles. The van der Waals surface area contributed by atoms with Crippen molar-refractivity contribution in [2.45, 2.75) is 51.7 Å². The summed E-state index contributed by atoms with van der Waals surface area (Å²) in [6, 6.07) is 9.15. The number of piperidine rings is 1. The Balaban J connectivity index is 1.56. The van der Waals surface area contributed by atoms with E-state index in [2.05, 4.69) is 47.7 Å². The third-order valence-corrected chi connectivity index (χ3v) is 6.48. The number of ether oxygens (including phenoxy) is 1. The highest BCUT2D eigenvalue weighted by molar-refractivity contribution is 5.82. The van der Waals surface area contributed by atoms with Crippen LogP contribution in [0.3, 0.4) is 0 Å². The number of aryl methyl sites for hydroxylation is 2. The van der Waals surface area contributed by atoms with Gasteiger partial charge in [-0.3, -0.25) is 4.90 Å². The molecule has 0 bridgehead atoms. The van der Waals surface area contributed by atoms with Gasteiger partial charge in [-0.15, -0.1) is 0 Å². The van der Waals surface area contributed by atoms with E-state index in [4.69, 9.17) is 4.74 Å². The van der Waals surface area contributed by atoms with Gasteiger partial charge in [0.25, 0.3) is 0 Å². The SMILES string of the molecule is CO[C@@H]1CCC[C@@]12CCCN(Cc1cc3cc(C)ccc3n1C)C2. The third kappa shape index (κ3) is 2.68. The molecule has 2 atom stereocenters. The number of rotatable bonds is 3.